The molecule has 0 unspecified atom stereocenters. The highest BCUT2D eigenvalue weighted by Gasteiger charge is 2.37. The number of fused-ring (bicyclic) bond motifs is 2. The van der Waals surface area contributed by atoms with Crippen LogP contribution in [0.3, 0.4) is 0 Å². The van der Waals surface area contributed by atoms with Crippen molar-refractivity contribution < 1.29 is 19.0 Å². The molecule has 236 valence electrons. The van der Waals surface area contributed by atoms with Crippen molar-refractivity contribution in [3.05, 3.63) is 138 Å². The number of hydrogen-bond acceptors (Lipinski definition) is 8. The third kappa shape index (κ3) is 6.20. The lowest BCUT2D eigenvalue weighted by atomic mass is 9.90. The van der Waals surface area contributed by atoms with E-state index in [1.807, 2.05) is 91.9 Å². The number of nitriles is 1. The molecule has 0 amide bonds. The quantitative estimate of drug-likeness (QED) is 0.168. The minimum atomic E-state index is -0.804. The molecular formula is C38H33N3O5S. The fourth-order valence-corrected chi connectivity index (χ4v) is 6.88. The fraction of sp³-hybridized carbons (Fsp3) is 0.211. The average Bonchev–Trinajstić information content (AvgIpc) is 3.40. The summed E-state index contributed by atoms with van der Waals surface area (Å²) in [6.07, 6.45) is 3.12. The maximum atomic E-state index is 14.3. The largest absolute Gasteiger partial charge is 0.496 e. The topological polar surface area (TPSA) is 103 Å². The van der Waals surface area contributed by atoms with Gasteiger partial charge < -0.3 is 14.2 Å². The van der Waals surface area contributed by atoms with Gasteiger partial charge in [-0.2, -0.15) is 5.26 Å². The van der Waals surface area contributed by atoms with Crippen molar-refractivity contribution in [1.29, 1.82) is 5.26 Å². The van der Waals surface area contributed by atoms with Gasteiger partial charge in [0.15, 0.2) is 4.80 Å². The Hall–Kier alpha value is -5.46. The van der Waals surface area contributed by atoms with Gasteiger partial charge in [0.25, 0.3) is 5.56 Å². The maximum absolute atomic E-state index is 14.3. The second kappa shape index (κ2) is 13.9. The molecule has 1 aliphatic rings. The molecule has 4 aromatic carbocycles. The molecule has 0 saturated carbocycles. The number of allylic oxidation sites excluding steroid dienone is 1. The Balaban J connectivity index is 1.46. The number of esters is 1. The first-order valence-corrected chi connectivity index (χ1v) is 16.3. The number of ether oxygens (including phenoxy) is 3. The van der Waals surface area contributed by atoms with Crippen LogP contribution >= 0.6 is 11.3 Å². The van der Waals surface area contributed by atoms with Crippen molar-refractivity contribution in [2.45, 2.75) is 39.3 Å². The third-order valence-corrected chi connectivity index (χ3v) is 9.01. The third-order valence-electron chi connectivity index (χ3n) is 8.03. The van der Waals surface area contributed by atoms with Gasteiger partial charge in [0.05, 0.1) is 41.2 Å². The minimum absolute atomic E-state index is 0.191. The van der Waals surface area contributed by atoms with E-state index in [0.29, 0.717) is 49.7 Å². The zero-order valence-corrected chi connectivity index (χ0v) is 27.2. The summed E-state index contributed by atoms with van der Waals surface area (Å²) in [7, 11) is 1.59. The van der Waals surface area contributed by atoms with E-state index in [4.69, 9.17) is 19.2 Å². The van der Waals surface area contributed by atoms with Crippen LogP contribution in [0, 0.1) is 11.3 Å². The lowest BCUT2D eigenvalue weighted by Gasteiger charge is -2.28. The summed E-state index contributed by atoms with van der Waals surface area (Å²) in [5.74, 6) is 0.709. The molecule has 6 rings (SSSR count). The molecule has 8 nitrogen and oxygen atoms in total. The molecule has 0 bridgehead atoms. The highest BCUT2D eigenvalue weighted by molar-refractivity contribution is 7.07. The van der Waals surface area contributed by atoms with Gasteiger partial charge in [-0.3, -0.25) is 9.36 Å². The van der Waals surface area contributed by atoms with Crippen molar-refractivity contribution in [2.75, 3.05) is 13.7 Å². The molecule has 47 heavy (non-hydrogen) atoms. The predicted molar refractivity (Wildman–Crippen MR) is 182 cm³/mol. The summed E-state index contributed by atoms with van der Waals surface area (Å²) in [5.41, 5.74) is 3.59. The van der Waals surface area contributed by atoms with Crippen LogP contribution < -0.4 is 24.4 Å². The maximum Gasteiger partial charge on any atom is 0.338 e. The average molecular weight is 644 g/mol. The molecule has 2 heterocycles. The lowest BCUT2D eigenvalue weighted by molar-refractivity contribution is -0.139. The van der Waals surface area contributed by atoms with Crippen molar-refractivity contribution in [1.82, 2.24) is 4.57 Å². The molecule has 1 atom stereocenters. The van der Waals surface area contributed by atoms with E-state index in [1.54, 1.807) is 24.7 Å². The van der Waals surface area contributed by atoms with E-state index < -0.39 is 12.0 Å². The molecular weight excluding hydrogens is 611 g/mol. The molecule has 0 radical (unpaired) electrons. The Bertz CT molecular complexity index is 2220. The van der Waals surface area contributed by atoms with E-state index in [9.17, 15) is 14.9 Å². The van der Waals surface area contributed by atoms with Crippen molar-refractivity contribution in [3.8, 4) is 17.6 Å². The first-order chi connectivity index (χ1) is 23.0. The molecule has 0 N–H and O–H groups in total. The van der Waals surface area contributed by atoms with Gasteiger partial charge >= 0.3 is 5.97 Å². The standard InChI is InChI=1S/C38H33N3O5S/c1-4-10-30-34(37(43)45-5-2)35(33-29-14-9-8-11-25(29)17-20-31(33)44-3)41-36(42)32(47-38(41)40-30)21-24-15-18-28(19-16-24)46-23-27-13-7-6-12-26(27)22-39/h6-9,11-21,35H,4-5,10,23H2,1-3H3/b32-21+/t35-/m0/s1. The van der Waals surface area contributed by atoms with Gasteiger partial charge in [-0.25, -0.2) is 9.79 Å². The summed E-state index contributed by atoms with van der Waals surface area (Å²) < 4.78 is 19.5. The summed E-state index contributed by atoms with van der Waals surface area (Å²) in [5, 5.41) is 11.2. The smallest absolute Gasteiger partial charge is 0.338 e. The van der Waals surface area contributed by atoms with Gasteiger partial charge in [0, 0.05) is 11.1 Å². The number of carbonyl (C=O) groups is 1. The molecule has 0 spiro atoms. The monoisotopic (exact) mass is 643 g/mol. The normalized spacial score (nSPS) is 14.3. The van der Waals surface area contributed by atoms with E-state index in [1.165, 1.54) is 11.3 Å². The highest BCUT2D eigenvalue weighted by Crippen LogP contribution is 2.41. The van der Waals surface area contributed by atoms with E-state index in [-0.39, 0.29) is 18.8 Å². The minimum Gasteiger partial charge on any atom is -0.496 e. The Kier molecular flexibility index (Phi) is 9.32. The summed E-state index contributed by atoms with van der Waals surface area (Å²) >= 11 is 1.29. The van der Waals surface area contributed by atoms with Crippen molar-refractivity contribution >= 4 is 34.2 Å². The zero-order chi connectivity index (χ0) is 32.9. The van der Waals surface area contributed by atoms with Crippen LogP contribution in [0.15, 0.2) is 106 Å². The number of hydrogen-bond donors (Lipinski definition) is 0. The van der Waals surface area contributed by atoms with Crippen LogP contribution in [0.25, 0.3) is 16.8 Å². The first-order valence-electron chi connectivity index (χ1n) is 15.5. The van der Waals surface area contributed by atoms with Crippen LogP contribution in [0.2, 0.25) is 0 Å². The Morgan fingerprint density at radius 1 is 1.02 bits per heavy atom. The van der Waals surface area contributed by atoms with Gasteiger partial charge in [-0.1, -0.05) is 85.3 Å². The molecule has 0 aliphatic carbocycles. The molecule has 5 aromatic rings. The number of methoxy groups -OCH3 is 1. The number of nitrogens with zero attached hydrogens (tertiary/aromatic N) is 3. The number of benzene rings is 4. The molecule has 0 fully saturated rings. The summed E-state index contributed by atoms with van der Waals surface area (Å²) in [6, 6.07) is 27.8. The fourth-order valence-electron chi connectivity index (χ4n) is 5.86. The van der Waals surface area contributed by atoms with Crippen molar-refractivity contribution in [3.63, 3.8) is 0 Å². The van der Waals surface area contributed by atoms with Crippen LogP contribution in [-0.2, 0) is 16.1 Å². The molecule has 9 heteroatoms. The van der Waals surface area contributed by atoms with Crippen LogP contribution in [0.4, 0.5) is 0 Å². The summed E-state index contributed by atoms with van der Waals surface area (Å²) in [6.45, 7) is 4.25. The second-order valence-electron chi connectivity index (χ2n) is 10.9. The number of thiazole rings is 1. The van der Waals surface area contributed by atoms with Gasteiger partial charge in [0.2, 0.25) is 0 Å². The van der Waals surface area contributed by atoms with E-state index in [0.717, 1.165) is 28.3 Å². The van der Waals surface area contributed by atoms with E-state index >= 15 is 0 Å². The van der Waals surface area contributed by atoms with Crippen molar-refractivity contribution in [2.24, 2.45) is 4.99 Å². The highest BCUT2D eigenvalue weighted by atomic mass is 32.1. The molecule has 1 aromatic heterocycles. The van der Waals surface area contributed by atoms with Crippen LogP contribution in [-0.4, -0.2) is 24.3 Å². The van der Waals surface area contributed by atoms with Gasteiger partial charge in [-0.15, -0.1) is 0 Å². The summed E-state index contributed by atoms with van der Waals surface area (Å²) in [4.78, 5) is 33.4. The predicted octanol–water partition coefficient (Wildman–Crippen LogP) is 6.19. The van der Waals surface area contributed by atoms with Crippen LogP contribution in [0.1, 0.15) is 55.0 Å². The lowest BCUT2D eigenvalue weighted by Crippen LogP contribution is -2.40. The zero-order valence-electron chi connectivity index (χ0n) is 26.4. The second-order valence-corrected chi connectivity index (χ2v) is 12.0. The van der Waals surface area contributed by atoms with Gasteiger partial charge in [-0.05, 0) is 60.0 Å². The van der Waals surface area contributed by atoms with E-state index in [2.05, 4.69) is 6.07 Å². The Morgan fingerprint density at radius 3 is 2.53 bits per heavy atom. The van der Waals surface area contributed by atoms with Gasteiger partial charge in [0.1, 0.15) is 24.1 Å². The number of carbonyl (C=O) groups excluding carboxylic acids is 1. The Labute approximate surface area is 276 Å². The van der Waals surface area contributed by atoms with Crippen LogP contribution in [0.5, 0.6) is 11.5 Å². The number of aromatic nitrogens is 1. The molecule has 0 saturated heterocycles. The number of rotatable bonds is 10. The first kappa shape index (κ1) is 31.5. The molecule has 1 aliphatic heterocycles. The Morgan fingerprint density at radius 2 is 1.79 bits per heavy atom. The SMILES string of the molecule is CCCC1=C(C(=O)OCC)[C@H](c2c(OC)ccc3ccccc23)n2c(s/c(=C/c3ccc(OCc4ccccc4C#N)cc3)c2=O)=N1.